The van der Waals surface area contributed by atoms with E-state index < -0.39 is 22.5 Å². The fourth-order valence-corrected chi connectivity index (χ4v) is 3.93. The largest absolute Gasteiger partial charge is 0.494 e. The molecule has 0 aliphatic heterocycles. The Kier molecular flexibility index (Phi) is 6.66. The lowest BCUT2D eigenvalue weighted by atomic mass is 10.2. The molecule has 26 heavy (non-hydrogen) atoms. The van der Waals surface area contributed by atoms with E-state index in [1.165, 1.54) is 19.2 Å². The first kappa shape index (κ1) is 20.3. The van der Waals surface area contributed by atoms with E-state index in [0.29, 0.717) is 18.0 Å². The van der Waals surface area contributed by atoms with Gasteiger partial charge >= 0.3 is 5.97 Å². The van der Waals surface area contributed by atoms with Crippen molar-refractivity contribution in [2.24, 2.45) is 0 Å². The maximum absolute atomic E-state index is 13.1. The van der Waals surface area contributed by atoms with Crippen molar-refractivity contribution in [1.82, 2.24) is 0 Å². The van der Waals surface area contributed by atoms with Crippen LogP contribution in [-0.4, -0.2) is 34.6 Å². The summed E-state index contributed by atoms with van der Waals surface area (Å²) < 4.78 is 38.1. The lowest BCUT2D eigenvalue weighted by molar-refractivity contribution is -0.138. The van der Waals surface area contributed by atoms with Crippen LogP contribution in [0, 0.1) is 6.92 Å². The van der Waals surface area contributed by atoms with Gasteiger partial charge < -0.3 is 9.47 Å². The molecule has 0 unspecified atom stereocenters. The molecule has 0 aromatic heterocycles. The second kappa shape index (κ2) is 8.55. The summed E-state index contributed by atoms with van der Waals surface area (Å²) in [5.41, 5.74) is 1.23. The highest BCUT2D eigenvalue weighted by atomic mass is 79.9. The molecule has 140 valence electrons. The molecule has 0 radical (unpaired) electrons. The highest BCUT2D eigenvalue weighted by molar-refractivity contribution is 9.10. The Balaban J connectivity index is 2.48. The van der Waals surface area contributed by atoms with Gasteiger partial charge in [-0.25, -0.2) is 8.42 Å². The molecule has 2 aromatic carbocycles. The van der Waals surface area contributed by atoms with E-state index in [0.717, 1.165) is 14.3 Å². The number of nitrogens with zero attached hydrogens (tertiary/aromatic N) is 1. The quantitative estimate of drug-likeness (QED) is 0.614. The Morgan fingerprint density at radius 1 is 1.15 bits per heavy atom. The first-order chi connectivity index (χ1) is 12.3. The van der Waals surface area contributed by atoms with Crippen LogP contribution in [0.4, 0.5) is 5.69 Å². The molecule has 0 heterocycles. The van der Waals surface area contributed by atoms with Crippen molar-refractivity contribution in [3.63, 3.8) is 0 Å². The molecular weight excluding hydrogens is 422 g/mol. The average molecular weight is 442 g/mol. The zero-order valence-electron chi connectivity index (χ0n) is 14.7. The van der Waals surface area contributed by atoms with Crippen LogP contribution in [0.3, 0.4) is 0 Å². The molecule has 0 bridgehead atoms. The van der Waals surface area contributed by atoms with Gasteiger partial charge in [-0.3, -0.25) is 9.10 Å². The van der Waals surface area contributed by atoms with Crippen LogP contribution in [0.2, 0.25) is 0 Å². The predicted octanol–water partition coefficient (Wildman–Crippen LogP) is 3.52. The van der Waals surface area contributed by atoms with E-state index in [1.54, 1.807) is 30.3 Å². The van der Waals surface area contributed by atoms with Gasteiger partial charge in [0.2, 0.25) is 0 Å². The summed E-state index contributed by atoms with van der Waals surface area (Å²) in [5.74, 6) is -0.0782. The summed E-state index contributed by atoms with van der Waals surface area (Å²) in [6.45, 7) is 3.75. The summed E-state index contributed by atoms with van der Waals surface area (Å²) in [7, 11) is -2.74. The van der Waals surface area contributed by atoms with Crippen LogP contribution in [0.25, 0.3) is 0 Å². The first-order valence-electron chi connectivity index (χ1n) is 7.88. The molecule has 0 saturated heterocycles. The number of ether oxygens (including phenoxy) is 2. The van der Waals surface area contributed by atoms with E-state index in [1.807, 2.05) is 13.8 Å². The molecule has 0 amide bonds. The highest BCUT2D eigenvalue weighted by Gasteiger charge is 2.28. The molecule has 0 aliphatic rings. The third-order valence-electron chi connectivity index (χ3n) is 3.65. The molecule has 6 nitrogen and oxygen atoms in total. The minimum Gasteiger partial charge on any atom is -0.494 e. The van der Waals surface area contributed by atoms with Gasteiger partial charge in [-0.15, -0.1) is 0 Å². The number of sulfonamides is 1. The second-order valence-corrected chi connectivity index (χ2v) is 8.14. The van der Waals surface area contributed by atoms with Gasteiger partial charge in [0.15, 0.2) is 0 Å². The third-order valence-corrected chi connectivity index (χ3v) is 6.33. The molecule has 0 atom stereocenters. The van der Waals surface area contributed by atoms with Crippen molar-refractivity contribution >= 4 is 37.6 Å². The zero-order chi connectivity index (χ0) is 19.3. The molecule has 0 aliphatic carbocycles. The topological polar surface area (TPSA) is 72.9 Å². The van der Waals surface area contributed by atoms with E-state index in [4.69, 9.17) is 4.74 Å². The molecule has 0 saturated carbocycles. The van der Waals surface area contributed by atoms with Gasteiger partial charge in [0.25, 0.3) is 10.0 Å². The molecule has 0 N–H and O–H groups in total. The van der Waals surface area contributed by atoms with E-state index in [9.17, 15) is 13.2 Å². The number of benzene rings is 2. The Morgan fingerprint density at radius 3 is 2.35 bits per heavy atom. The fraction of sp³-hybridized carbons (Fsp3) is 0.278. The number of aryl methyl sites for hydroxylation is 1. The molecular formula is C18H20BrNO5S. The molecule has 0 spiro atoms. The maximum atomic E-state index is 13.1. The Hall–Kier alpha value is -2.06. The SMILES string of the molecule is CCOc1ccc(S(=O)(=O)N(CC(=O)OC)c2ccc(Br)c(C)c2)cc1. The summed E-state index contributed by atoms with van der Waals surface area (Å²) >= 11 is 3.39. The van der Waals surface area contributed by atoms with Crippen LogP contribution in [0.5, 0.6) is 5.75 Å². The monoisotopic (exact) mass is 441 g/mol. The minimum atomic E-state index is -3.96. The van der Waals surface area contributed by atoms with Crippen molar-refractivity contribution in [3.05, 3.63) is 52.5 Å². The minimum absolute atomic E-state index is 0.0606. The van der Waals surface area contributed by atoms with E-state index in [2.05, 4.69) is 20.7 Å². The number of halogens is 1. The number of carbonyl (C=O) groups excluding carboxylic acids is 1. The van der Waals surface area contributed by atoms with Crippen molar-refractivity contribution in [3.8, 4) is 5.75 Å². The van der Waals surface area contributed by atoms with Crippen LogP contribution >= 0.6 is 15.9 Å². The number of hydrogen-bond donors (Lipinski definition) is 0. The van der Waals surface area contributed by atoms with Gasteiger partial charge in [-0.2, -0.15) is 0 Å². The number of hydrogen-bond acceptors (Lipinski definition) is 5. The van der Waals surface area contributed by atoms with Gasteiger partial charge in [-0.05, 0) is 61.9 Å². The smallest absolute Gasteiger partial charge is 0.326 e. The number of anilines is 1. The Bertz CT molecular complexity index is 881. The zero-order valence-corrected chi connectivity index (χ0v) is 17.1. The van der Waals surface area contributed by atoms with E-state index >= 15 is 0 Å². The summed E-state index contributed by atoms with van der Waals surface area (Å²) in [6.07, 6.45) is 0. The Labute approximate surface area is 161 Å². The summed E-state index contributed by atoms with van der Waals surface area (Å²) in [6, 6.07) is 11.1. The maximum Gasteiger partial charge on any atom is 0.326 e. The van der Waals surface area contributed by atoms with Crippen LogP contribution in [0.15, 0.2) is 51.8 Å². The van der Waals surface area contributed by atoms with Crippen LogP contribution in [0.1, 0.15) is 12.5 Å². The highest BCUT2D eigenvalue weighted by Crippen LogP contribution is 2.28. The fourth-order valence-electron chi connectivity index (χ4n) is 2.28. The van der Waals surface area contributed by atoms with Crippen molar-refractivity contribution in [1.29, 1.82) is 0 Å². The second-order valence-electron chi connectivity index (χ2n) is 5.43. The van der Waals surface area contributed by atoms with Crippen molar-refractivity contribution < 1.29 is 22.7 Å². The number of rotatable bonds is 7. The van der Waals surface area contributed by atoms with Gasteiger partial charge in [0.1, 0.15) is 12.3 Å². The van der Waals surface area contributed by atoms with Crippen LogP contribution < -0.4 is 9.04 Å². The van der Waals surface area contributed by atoms with Gasteiger partial charge in [0, 0.05) is 4.47 Å². The van der Waals surface area contributed by atoms with Gasteiger partial charge in [0.05, 0.1) is 24.3 Å². The standard InChI is InChI=1S/C18H20BrNO5S/c1-4-25-15-6-8-16(9-7-15)26(22,23)20(12-18(21)24-3)14-5-10-17(19)13(2)11-14/h5-11H,4,12H2,1-3H3. The Morgan fingerprint density at radius 2 is 1.81 bits per heavy atom. The lowest BCUT2D eigenvalue weighted by Crippen LogP contribution is -2.36. The average Bonchev–Trinajstić information content (AvgIpc) is 2.62. The van der Waals surface area contributed by atoms with Crippen LogP contribution in [-0.2, 0) is 19.6 Å². The molecule has 2 aromatic rings. The molecule has 0 fully saturated rings. The summed E-state index contributed by atoms with van der Waals surface area (Å²) in [4.78, 5) is 11.9. The first-order valence-corrected chi connectivity index (χ1v) is 10.1. The number of methoxy groups -OCH3 is 1. The lowest BCUT2D eigenvalue weighted by Gasteiger charge is -2.24. The number of carbonyl (C=O) groups is 1. The summed E-state index contributed by atoms with van der Waals surface area (Å²) in [5, 5.41) is 0. The van der Waals surface area contributed by atoms with Gasteiger partial charge in [-0.1, -0.05) is 15.9 Å². The molecule has 2 rings (SSSR count). The molecule has 8 heteroatoms. The normalized spacial score (nSPS) is 11.1. The predicted molar refractivity (Wildman–Crippen MR) is 103 cm³/mol. The van der Waals surface area contributed by atoms with Crippen molar-refractivity contribution in [2.45, 2.75) is 18.7 Å². The van der Waals surface area contributed by atoms with Crippen molar-refractivity contribution in [2.75, 3.05) is 24.6 Å². The number of esters is 1. The van der Waals surface area contributed by atoms with E-state index in [-0.39, 0.29) is 4.90 Å². The third kappa shape index (κ3) is 4.56.